The van der Waals surface area contributed by atoms with E-state index in [1.54, 1.807) is 11.8 Å². The Morgan fingerprint density at radius 1 is 1.17 bits per heavy atom. The Morgan fingerprint density at radius 2 is 1.83 bits per heavy atom. The zero-order chi connectivity index (χ0) is 26.2. The first-order valence-electron chi connectivity index (χ1n) is 12.4. The van der Waals surface area contributed by atoms with Gasteiger partial charge in [0.2, 0.25) is 5.91 Å². The van der Waals surface area contributed by atoms with Crippen LogP contribution >= 0.6 is 11.8 Å². The first kappa shape index (κ1) is 29.0. The van der Waals surface area contributed by atoms with Gasteiger partial charge in [0.05, 0.1) is 7.11 Å². The van der Waals surface area contributed by atoms with Gasteiger partial charge in [0, 0.05) is 6.54 Å². The summed E-state index contributed by atoms with van der Waals surface area (Å²) in [7, 11) is 1.31. The van der Waals surface area contributed by atoms with Gasteiger partial charge in [-0.15, -0.1) is 0 Å². The second-order valence-electron chi connectivity index (χ2n) is 10.6. The molecule has 1 heterocycles. The number of amides is 2. The van der Waals surface area contributed by atoms with Crippen LogP contribution < -0.4 is 5.32 Å². The van der Waals surface area contributed by atoms with E-state index in [9.17, 15) is 14.4 Å². The maximum atomic E-state index is 13.3. The zero-order valence-corrected chi connectivity index (χ0v) is 23.1. The van der Waals surface area contributed by atoms with Crippen LogP contribution in [0.3, 0.4) is 0 Å². The van der Waals surface area contributed by atoms with Crippen molar-refractivity contribution in [3.05, 3.63) is 35.4 Å². The average molecular weight is 507 g/mol. The largest absolute Gasteiger partial charge is 0.467 e. The number of thioether (sulfide) groups is 1. The summed E-state index contributed by atoms with van der Waals surface area (Å²) in [6, 6.07) is 7.23. The highest BCUT2D eigenvalue weighted by Crippen LogP contribution is 2.29. The number of rotatable bonds is 10. The van der Waals surface area contributed by atoms with Crippen molar-refractivity contribution < 1.29 is 23.9 Å². The molecule has 1 fully saturated rings. The third kappa shape index (κ3) is 9.06. The van der Waals surface area contributed by atoms with E-state index in [0.29, 0.717) is 31.1 Å². The second kappa shape index (κ2) is 13.2. The van der Waals surface area contributed by atoms with Crippen molar-refractivity contribution in [2.45, 2.75) is 83.9 Å². The number of nitrogens with one attached hydrogen (secondary N) is 1. The number of hydrogen-bond acceptors (Lipinski definition) is 6. The quantitative estimate of drug-likeness (QED) is 0.460. The molecule has 8 heteroatoms. The third-order valence-corrected chi connectivity index (χ3v) is 6.86. The SMILES string of the molecule is COC(=O)[C@H](CCSC)NC(=O)[C@@H]1C[C@@H](CCc2ccc(C(C)C)cc2)CN1C(=O)OC(C)(C)C. The third-order valence-electron chi connectivity index (χ3n) is 6.22. The molecule has 0 unspecified atom stereocenters. The highest BCUT2D eigenvalue weighted by atomic mass is 32.2. The first-order chi connectivity index (χ1) is 16.4. The number of ether oxygens (including phenoxy) is 2. The minimum atomic E-state index is -0.737. The van der Waals surface area contributed by atoms with Crippen molar-refractivity contribution in [3.8, 4) is 0 Å². The Kier molecular flexibility index (Phi) is 10.9. The normalized spacial score (nSPS) is 18.9. The summed E-state index contributed by atoms with van der Waals surface area (Å²) >= 11 is 1.59. The van der Waals surface area contributed by atoms with E-state index in [2.05, 4.69) is 43.4 Å². The molecule has 2 amide bonds. The predicted octanol–water partition coefficient (Wildman–Crippen LogP) is 4.78. The number of benzene rings is 1. The Balaban J connectivity index is 2.12. The summed E-state index contributed by atoms with van der Waals surface area (Å²) in [6.07, 6.45) is 4.17. The lowest BCUT2D eigenvalue weighted by Crippen LogP contribution is -2.52. The molecule has 1 aromatic rings. The maximum Gasteiger partial charge on any atom is 0.410 e. The van der Waals surface area contributed by atoms with Crippen molar-refractivity contribution in [1.29, 1.82) is 0 Å². The molecule has 0 radical (unpaired) electrons. The van der Waals surface area contributed by atoms with E-state index < -0.39 is 29.7 Å². The number of aryl methyl sites for hydroxylation is 1. The van der Waals surface area contributed by atoms with Crippen molar-refractivity contribution in [3.63, 3.8) is 0 Å². The van der Waals surface area contributed by atoms with Crippen LogP contribution in [0.1, 0.15) is 70.9 Å². The van der Waals surface area contributed by atoms with Gasteiger partial charge in [-0.1, -0.05) is 38.1 Å². The first-order valence-corrected chi connectivity index (χ1v) is 13.8. The van der Waals surface area contributed by atoms with E-state index >= 15 is 0 Å². The fourth-order valence-corrected chi connectivity index (χ4v) is 4.71. The Bertz CT molecular complexity index is 850. The molecular formula is C27H42N2O5S. The Hall–Kier alpha value is -2.22. The lowest BCUT2D eigenvalue weighted by Gasteiger charge is -2.28. The minimum Gasteiger partial charge on any atom is -0.467 e. The molecule has 1 saturated heterocycles. The number of carbonyl (C=O) groups is 3. The molecule has 2 rings (SSSR count). The van der Waals surface area contributed by atoms with Crippen LogP contribution in [0.15, 0.2) is 24.3 Å². The summed E-state index contributed by atoms with van der Waals surface area (Å²) in [6.45, 7) is 10.2. The smallest absolute Gasteiger partial charge is 0.410 e. The number of esters is 1. The van der Waals surface area contributed by atoms with E-state index in [4.69, 9.17) is 9.47 Å². The topological polar surface area (TPSA) is 84.9 Å². The predicted molar refractivity (Wildman–Crippen MR) is 141 cm³/mol. The monoisotopic (exact) mass is 506 g/mol. The van der Waals surface area contributed by atoms with Gasteiger partial charge in [0.1, 0.15) is 17.7 Å². The number of methoxy groups -OCH3 is 1. The van der Waals surface area contributed by atoms with E-state index in [-0.39, 0.29) is 11.8 Å². The summed E-state index contributed by atoms with van der Waals surface area (Å²) < 4.78 is 10.5. The molecule has 1 aromatic carbocycles. The molecule has 0 bridgehead atoms. The van der Waals surface area contributed by atoms with E-state index in [0.717, 1.165) is 12.8 Å². The van der Waals surface area contributed by atoms with Crippen molar-refractivity contribution in [1.82, 2.24) is 10.2 Å². The fourth-order valence-electron chi connectivity index (χ4n) is 4.24. The van der Waals surface area contributed by atoms with Crippen LogP contribution in [0, 0.1) is 5.92 Å². The van der Waals surface area contributed by atoms with Gasteiger partial charge in [-0.05, 0) is 81.4 Å². The van der Waals surface area contributed by atoms with Crippen molar-refractivity contribution in [2.75, 3.05) is 25.7 Å². The molecule has 0 saturated carbocycles. The number of nitrogens with zero attached hydrogens (tertiary/aromatic N) is 1. The zero-order valence-electron chi connectivity index (χ0n) is 22.3. The van der Waals surface area contributed by atoms with Crippen LogP contribution in [0.2, 0.25) is 0 Å². The molecule has 0 aliphatic carbocycles. The van der Waals surface area contributed by atoms with Gasteiger partial charge in [-0.25, -0.2) is 9.59 Å². The second-order valence-corrected chi connectivity index (χ2v) is 11.5. The molecule has 0 aromatic heterocycles. The Morgan fingerprint density at radius 3 is 2.37 bits per heavy atom. The van der Waals surface area contributed by atoms with Crippen molar-refractivity contribution >= 4 is 29.7 Å². The lowest BCUT2D eigenvalue weighted by molar-refractivity contribution is -0.145. The van der Waals surface area contributed by atoms with Gasteiger partial charge in [-0.3, -0.25) is 9.69 Å². The summed E-state index contributed by atoms with van der Waals surface area (Å²) in [5.74, 6) is 0.543. The van der Waals surface area contributed by atoms with Gasteiger partial charge in [0.15, 0.2) is 0 Å². The fraction of sp³-hybridized carbons (Fsp3) is 0.667. The minimum absolute atomic E-state index is 0.158. The highest BCUT2D eigenvalue weighted by Gasteiger charge is 2.42. The van der Waals surface area contributed by atoms with Crippen LogP contribution in [-0.2, 0) is 25.5 Å². The van der Waals surface area contributed by atoms with Crippen LogP contribution in [0.5, 0.6) is 0 Å². The van der Waals surface area contributed by atoms with Crippen LogP contribution in [0.4, 0.5) is 4.79 Å². The summed E-state index contributed by atoms with van der Waals surface area (Å²) in [4.78, 5) is 40.0. The van der Waals surface area contributed by atoms with Gasteiger partial charge in [-0.2, -0.15) is 11.8 Å². The molecule has 7 nitrogen and oxygen atoms in total. The number of hydrogen-bond donors (Lipinski definition) is 1. The van der Waals surface area contributed by atoms with Crippen LogP contribution in [-0.4, -0.2) is 66.2 Å². The molecule has 3 atom stereocenters. The van der Waals surface area contributed by atoms with E-state index in [1.165, 1.54) is 23.1 Å². The molecule has 0 spiro atoms. The summed E-state index contributed by atoms with van der Waals surface area (Å²) in [5.41, 5.74) is 1.89. The molecule has 35 heavy (non-hydrogen) atoms. The van der Waals surface area contributed by atoms with Gasteiger partial charge in [0.25, 0.3) is 0 Å². The molecule has 196 valence electrons. The number of likely N-dealkylation sites (tertiary alicyclic amines) is 1. The Labute approximate surface area is 214 Å². The van der Waals surface area contributed by atoms with Crippen LogP contribution in [0.25, 0.3) is 0 Å². The van der Waals surface area contributed by atoms with Crippen molar-refractivity contribution in [2.24, 2.45) is 5.92 Å². The standard InChI is InChI=1S/C27H42N2O5S/c1-18(2)21-12-10-19(11-13-21)8-9-20-16-23(29(17-20)26(32)34-27(3,4)5)24(30)28-22(14-15-35-7)25(31)33-6/h10-13,18,20,22-23H,8-9,14-17H2,1-7H3,(H,28,30)/t20-,22+,23+/m1/s1. The molecule has 1 N–H and O–H groups in total. The van der Waals surface area contributed by atoms with E-state index in [1.807, 2.05) is 27.0 Å². The molecule has 1 aliphatic rings. The maximum absolute atomic E-state index is 13.3. The highest BCUT2D eigenvalue weighted by molar-refractivity contribution is 7.98. The molecule has 1 aliphatic heterocycles. The summed E-state index contributed by atoms with van der Waals surface area (Å²) in [5, 5.41) is 2.83. The van der Waals surface area contributed by atoms with Gasteiger partial charge < -0.3 is 14.8 Å². The van der Waals surface area contributed by atoms with Gasteiger partial charge >= 0.3 is 12.1 Å². The average Bonchev–Trinajstić information content (AvgIpc) is 3.23. The number of carbonyl (C=O) groups excluding carboxylic acids is 3. The molecular weight excluding hydrogens is 464 g/mol. The lowest BCUT2D eigenvalue weighted by atomic mass is 9.95.